The number of piperidine rings is 1. The van der Waals surface area contributed by atoms with Crippen LogP contribution in [0.1, 0.15) is 45.5 Å². The van der Waals surface area contributed by atoms with Gasteiger partial charge in [0, 0.05) is 29.2 Å². The Bertz CT molecular complexity index is 1060. The molecule has 1 N–H and O–H groups in total. The highest BCUT2D eigenvalue weighted by molar-refractivity contribution is 6.31. The largest absolute Gasteiger partial charge is 0.335 e. The number of aryl methyl sites for hydroxylation is 2. The van der Waals surface area contributed by atoms with E-state index in [0.29, 0.717) is 6.04 Å². The quantitative estimate of drug-likeness (QED) is 0.468. The Morgan fingerprint density at radius 3 is 2.42 bits per heavy atom. The average Bonchev–Trinajstić information content (AvgIpc) is 2.80. The van der Waals surface area contributed by atoms with Gasteiger partial charge in [-0.25, -0.2) is 0 Å². The molecule has 1 saturated heterocycles. The van der Waals surface area contributed by atoms with Crippen molar-refractivity contribution >= 4 is 17.5 Å². The minimum Gasteiger partial charge on any atom is -0.335 e. The summed E-state index contributed by atoms with van der Waals surface area (Å²) in [5, 5.41) is 4.56. The molecular weight excluding hydrogens is 428 g/mol. The van der Waals surface area contributed by atoms with Crippen LogP contribution in [0.5, 0.6) is 0 Å². The lowest BCUT2D eigenvalue weighted by Gasteiger charge is -2.40. The predicted octanol–water partition coefficient (Wildman–Crippen LogP) is 6.01. The predicted molar refractivity (Wildman–Crippen MR) is 137 cm³/mol. The minimum absolute atomic E-state index is 0.150. The summed E-state index contributed by atoms with van der Waals surface area (Å²) in [6, 6.07) is 25.3. The molecule has 1 aliphatic heterocycles. The highest BCUT2D eigenvalue weighted by atomic mass is 35.5. The molecule has 4 heteroatoms. The average molecular weight is 461 g/mol. The van der Waals surface area contributed by atoms with Gasteiger partial charge < -0.3 is 10.2 Å². The summed E-state index contributed by atoms with van der Waals surface area (Å²) in [5.41, 5.74) is 5.52. The van der Waals surface area contributed by atoms with Crippen molar-refractivity contribution in [3.63, 3.8) is 0 Å². The molecule has 0 saturated carbocycles. The zero-order chi connectivity index (χ0) is 23.2. The molecule has 33 heavy (non-hydrogen) atoms. The van der Waals surface area contributed by atoms with Crippen molar-refractivity contribution in [1.29, 1.82) is 0 Å². The zero-order valence-electron chi connectivity index (χ0n) is 19.6. The van der Waals surface area contributed by atoms with Crippen molar-refractivity contribution in [2.45, 2.75) is 51.6 Å². The molecule has 1 amide bonds. The van der Waals surface area contributed by atoms with E-state index in [-0.39, 0.29) is 11.9 Å². The first-order chi connectivity index (χ1) is 16.0. The summed E-state index contributed by atoms with van der Waals surface area (Å²) in [7, 11) is 0. The third-order valence-electron chi connectivity index (χ3n) is 6.54. The molecule has 1 heterocycles. The van der Waals surface area contributed by atoms with E-state index in [0.717, 1.165) is 60.5 Å². The molecule has 4 rings (SSSR count). The summed E-state index contributed by atoms with van der Waals surface area (Å²) in [6.07, 6.45) is 3.70. The van der Waals surface area contributed by atoms with E-state index in [1.165, 1.54) is 11.1 Å². The Hall–Kier alpha value is -2.62. The first kappa shape index (κ1) is 23.5. The standard InChI is InChI=1S/C29H33ClN2O/c1-21-16-22(2)18-25(17-21)29(33)32-15-13-26(20-27(32)19-23-8-4-3-5-9-23)31-14-12-24-10-6-7-11-28(24)30/h3-11,16-18,26-27,31H,12-15,19-20H2,1-2H3/t26-,27-/m0/s1. The molecule has 3 nitrogen and oxygen atoms in total. The highest BCUT2D eigenvalue weighted by Gasteiger charge is 2.32. The normalized spacial score (nSPS) is 18.3. The molecule has 3 aromatic rings. The number of carbonyl (C=O) groups excluding carboxylic acids is 1. The van der Waals surface area contributed by atoms with E-state index in [1.807, 2.05) is 36.4 Å². The van der Waals surface area contributed by atoms with Crippen LogP contribution in [0.15, 0.2) is 72.8 Å². The van der Waals surface area contributed by atoms with E-state index in [2.05, 4.69) is 60.5 Å². The lowest BCUT2D eigenvalue weighted by Crippen LogP contribution is -2.52. The van der Waals surface area contributed by atoms with Crippen molar-refractivity contribution in [2.24, 2.45) is 0 Å². The number of rotatable bonds is 7. The minimum atomic E-state index is 0.150. The number of amides is 1. The van der Waals surface area contributed by atoms with Crippen molar-refractivity contribution < 1.29 is 4.79 Å². The van der Waals surface area contributed by atoms with Gasteiger partial charge in [0.15, 0.2) is 0 Å². The van der Waals surface area contributed by atoms with Crippen LogP contribution in [0, 0.1) is 13.8 Å². The van der Waals surface area contributed by atoms with Gasteiger partial charge in [0.25, 0.3) is 5.91 Å². The molecule has 3 aromatic carbocycles. The maximum atomic E-state index is 13.5. The first-order valence-electron chi connectivity index (χ1n) is 11.9. The Kier molecular flexibility index (Phi) is 7.85. The zero-order valence-corrected chi connectivity index (χ0v) is 20.3. The van der Waals surface area contributed by atoms with E-state index in [9.17, 15) is 4.79 Å². The van der Waals surface area contributed by atoms with Gasteiger partial charge in [-0.1, -0.05) is 77.3 Å². The summed E-state index contributed by atoms with van der Waals surface area (Å²) in [4.78, 5) is 15.6. The van der Waals surface area contributed by atoms with Crippen LogP contribution < -0.4 is 5.32 Å². The number of carbonyl (C=O) groups is 1. The van der Waals surface area contributed by atoms with Gasteiger partial charge in [0.1, 0.15) is 0 Å². The molecule has 1 aliphatic rings. The van der Waals surface area contributed by atoms with E-state index in [4.69, 9.17) is 11.6 Å². The summed E-state index contributed by atoms with van der Waals surface area (Å²) in [6.45, 7) is 5.77. The van der Waals surface area contributed by atoms with Crippen LogP contribution in [0.4, 0.5) is 0 Å². The highest BCUT2D eigenvalue weighted by Crippen LogP contribution is 2.25. The summed E-state index contributed by atoms with van der Waals surface area (Å²) in [5.74, 6) is 0.150. The Morgan fingerprint density at radius 2 is 1.70 bits per heavy atom. The number of nitrogens with zero attached hydrogens (tertiary/aromatic N) is 1. The SMILES string of the molecule is Cc1cc(C)cc(C(=O)N2CC[C@H](NCCc3ccccc3Cl)C[C@@H]2Cc2ccccc2)c1. The van der Waals surface area contributed by atoms with Crippen molar-refractivity contribution in [2.75, 3.05) is 13.1 Å². The monoisotopic (exact) mass is 460 g/mol. The summed E-state index contributed by atoms with van der Waals surface area (Å²) < 4.78 is 0. The second-order valence-electron chi connectivity index (χ2n) is 9.24. The van der Waals surface area contributed by atoms with Gasteiger partial charge in [0.2, 0.25) is 0 Å². The van der Waals surface area contributed by atoms with Gasteiger partial charge in [0.05, 0.1) is 0 Å². The van der Waals surface area contributed by atoms with E-state index < -0.39 is 0 Å². The smallest absolute Gasteiger partial charge is 0.254 e. The van der Waals surface area contributed by atoms with Crippen LogP contribution in [-0.2, 0) is 12.8 Å². The molecule has 172 valence electrons. The topological polar surface area (TPSA) is 32.3 Å². The van der Waals surface area contributed by atoms with Crippen LogP contribution in [0.25, 0.3) is 0 Å². The fourth-order valence-electron chi connectivity index (χ4n) is 4.96. The van der Waals surface area contributed by atoms with Gasteiger partial charge in [-0.05, 0) is 75.4 Å². The van der Waals surface area contributed by atoms with Gasteiger partial charge in [-0.2, -0.15) is 0 Å². The van der Waals surface area contributed by atoms with Crippen LogP contribution in [0.3, 0.4) is 0 Å². The molecule has 0 bridgehead atoms. The molecule has 1 fully saturated rings. The maximum absolute atomic E-state index is 13.5. The van der Waals surface area contributed by atoms with Gasteiger partial charge >= 0.3 is 0 Å². The van der Waals surface area contributed by atoms with Crippen molar-refractivity contribution in [1.82, 2.24) is 10.2 Å². The van der Waals surface area contributed by atoms with Gasteiger partial charge in [-0.15, -0.1) is 0 Å². The molecule has 0 radical (unpaired) electrons. The second-order valence-corrected chi connectivity index (χ2v) is 9.64. The molecule has 0 aliphatic carbocycles. The number of benzene rings is 3. The first-order valence-corrected chi connectivity index (χ1v) is 12.3. The Balaban J connectivity index is 1.45. The second kappa shape index (κ2) is 11.0. The van der Waals surface area contributed by atoms with Crippen molar-refractivity contribution in [3.05, 3.63) is 106 Å². The molecule has 0 unspecified atom stereocenters. The fraction of sp³-hybridized carbons (Fsp3) is 0.345. The molecular formula is C29H33ClN2O. The van der Waals surface area contributed by atoms with Crippen LogP contribution in [-0.4, -0.2) is 36.0 Å². The molecule has 0 spiro atoms. The number of nitrogens with one attached hydrogen (secondary N) is 1. The lowest BCUT2D eigenvalue weighted by molar-refractivity contribution is 0.0577. The molecule has 2 atom stereocenters. The number of hydrogen-bond acceptors (Lipinski definition) is 2. The number of hydrogen-bond donors (Lipinski definition) is 1. The fourth-order valence-corrected chi connectivity index (χ4v) is 5.19. The third kappa shape index (κ3) is 6.25. The van der Waals surface area contributed by atoms with Crippen molar-refractivity contribution in [3.8, 4) is 0 Å². The maximum Gasteiger partial charge on any atom is 0.254 e. The number of halogens is 1. The van der Waals surface area contributed by atoms with Crippen LogP contribution >= 0.6 is 11.6 Å². The molecule has 0 aromatic heterocycles. The van der Waals surface area contributed by atoms with E-state index >= 15 is 0 Å². The van der Waals surface area contributed by atoms with Gasteiger partial charge in [-0.3, -0.25) is 4.79 Å². The lowest BCUT2D eigenvalue weighted by atomic mass is 9.91. The van der Waals surface area contributed by atoms with Crippen LogP contribution in [0.2, 0.25) is 5.02 Å². The number of likely N-dealkylation sites (tertiary alicyclic amines) is 1. The van der Waals surface area contributed by atoms with E-state index in [1.54, 1.807) is 0 Å². The third-order valence-corrected chi connectivity index (χ3v) is 6.91. The Morgan fingerprint density at radius 1 is 1.00 bits per heavy atom. The Labute approximate surface area is 202 Å². The summed E-state index contributed by atoms with van der Waals surface area (Å²) >= 11 is 6.32.